The minimum atomic E-state index is -3.75. The highest BCUT2D eigenvalue weighted by atomic mass is 32.2. The van der Waals surface area contributed by atoms with E-state index in [1.165, 1.54) is 95.8 Å². The Morgan fingerprint density at radius 2 is 1.42 bits per heavy atom. The number of ketones is 1. The molecule has 3 rings (SSSR count). The van der Waals surface area contributed by atoms with Crippen LogP contribution in [0.4, 0.5) is 0 Å². The van der Waals surface area contributed by atoms with Crippen LogP contribution in [-0.4, -0.2) is 50.2 Å². The van der Waals surface area contributed by atoms with Crippen molar-refractivity contribution in [2.75, 3.05) is 18.8 Å². The number of para-hydroxylation sites is 1. The Balaban J connectivity index is 1.29. The van der Waals surface area contributed by atoms with Gasteiger partial charge < -0.3 is 14.6 Å². The van der Waals surface area contributed by atoms with Crippen LogP contribution in [0, 0.1) is 0 Å². The molecule has 0 aliphatic carbocycles. The third-order valence-corrected chi connectivity index (χ3v) is 10.0. The molecular formula is C37H57N4O6S+. The van der Waals surface area contributed by atoms with E-state index in [1.54, 1.807) is 0 Å². The maximum atomic E-state index is 13.0. The summed E-state index contributed by atoms with van der Waals surface area (Å²) >= 11 is 0. The van der Waals surface area contributed by atoms with Gasteiger partial charge in [-0.1, -0.05) is 115 Å². The number of nitrogens with zero attached hydrogens (tertiary/aromatic N) is 2. The summed E-state index contributed by atoms with van der Waals surface area (Å²) in [6.07, 6.45) is 22.3. The molecule has 11 heteroatoms. The van der Waals surface area contributed by atoms with Crippen LogP contribution in [0.3, 0.4) is 0 Å². The van der Waals surface area contributed by atoms with Gasteiger partial charge in [0.15, 0.2) is 12.3 Å². The number of unbranched alkanes of at least 4 members (excludes halogenated alkanes) is 15. The molecule has 48 heavy (non-hydrogen) atoms. The molecule has 0 saturated carbocycles. The average molecular weight is 686 g/mol. The van der Waals surface area contributed by atoms with Crippen LogP contribution in [0.15, 0.2) is 59.4 Å². The number of carbonyl (C=O) groups is 2. The zero-order valence-electron chi connectivity index (χ0n) is 28.9. The molecule has 0 aliphatic rings. The number of aromatic nitrogens is 2. The molecular weight excluding hydrogens is 628 g/mol. The highest BCUT2D eigenvalue weighted by Crippen LogP contribution is 2.14. The quantitative estimate of drug-likeness (QED) is 0.0487. The molecule has 3 aromatic rings. The molecule has 2 N–H and O–H groups in total. The van der Waals surface area contributed by atoms with Crippen molar-refractivity contribution < 1.29 is 31.8 Å². The van der Waals surface area contributed by atoms with Crippen LogP contribution in [0.2, 0.25) is 0 Å². The molecule has 1 unspecified atom stereocenters. The number of pyridine rings is 1. The summed E-state index contributed by atoms with van der Waals surface area (Å²) in [5.74, 6) is -1.84. The van der Waals surface area contributed by atoms with Crippen molar-refractivity contribution in [1.82, 2.24) is 15.2 Å². The lowest BCUT2D eigenvalue weighted by Crippen LogP contribution is -2.47. The van der Waals surface area contributed by atoms with Gasteiger partial charge in [-0.05, 0) is 23.7 Å². The minimum Gasteiger partial charge on any atom is -0.462 e. The van der Waals surface area contributed by atoms with Crippen molar-refractivity contribution in [3.05, 3.63) is 54.9 Å². The van der Waals surface area contributed by atoms with Gasteiger partial charge in [0.1, 0.15) is 12.8 Å². The summed E-state index contributed by atoms with van der Waals surface area (Å²) in [7, 11) is -3.75. The first-order valence-electron chi connectivity index (χ1n) is 18.1. The summed E-state index contributed by atoms with van der Waals surface area (Å²) in [5.41, 5.74) is 1.02. The number of rotatable bonds is 28. The fraction of sp³-hybridized carbons (Fsp3) is 0.622. The van der Waals surface area contributed by atoms with E-state index in [9.17, 15) is 18.0 Å². The second-order valence-electron chi connectivity index (χ2n) is 12.6. The SMILES string of the molecule is CCCCCCCCCCCCCCCCCCNC(=O)C(=O)C(CNS(=O)(=O)CCC[n+]1cccc2ccccc21)Oc1ccon1. The topological polar surface area (TPSA) is 131 Å². The van der Waals surface area contributed by atoms with Crippen LogP contribution in [0.25, 0.3) is 10.9 Å². The molecule has 0 radical (unpaired) electrons. The van der Waals surface area contributed by atoms with Gasteiger partial charge >= 0.3 is 0 Å². The van der Waals surface area contributed by atoms with E-state index in [1.807, 2.05) is 47.2 Å². The normalized spacial score (nSPS) is 12.3. The van der Waals surface area contributed by atoms with E-state index in [0.29, 0.717) is 19.5 Å². The third-order valence-electron chi connectivity index (χ3n) is 8.60. The lowest BCUT2D eigenvalue weighted by atomic mass is 10.0. The summed E-state index contributed by atoms with van der Waals surface area (Å²) in [5, 5.41) is 7.37. The highest BCUT2D eigenvalue weighted by molar-refractivity contribution is 7.89. The zero-order chi connectivity index (χ0) is 34.3. The number of hydrogen-bond acceptors (Lipinski definition) is 7. The van der Waals surface area contributed by atoms with Gasteiger partial charge in [0.25, 0.3) is 17.6 Å². The Bertz CT molecular complexity index is 1430. The summed E-state index contributed by atoms with van der Waals surface area (Å²) in [6, 6.07) is 13.2. The van der Waals surface area contributed by atoms with E-state index in [4.69, 9.17) is 9.26 Å². The maximum absolute atomic E-state index is 13.0. The van der Waals surface area contributed by atoms with E-state index in [-0.39, 0.29) is 11.6 Å². The molecule has 10 nitrogen and oxygen atoms in total. The molecule has 2 aromatic heterocycles. The molecule has 0 fully saturated rings. The smallest absolute Gasteiger partial charge is 0.291 e. The number of Topliss-reactive ketones (excluding diaryl/α,β-unsaturated/α-hetero) is 1. The van der Waals surface area contributed by atoms with Crippen LogP contribution in [0.5, 0.6) is 5.88 Å². The molecule has 2 heterocycles. The molecule has 0 spiro atoms. The van der Waals surface area contributed by atoms with Crippen molar-refractivity contribution in [1.29, 1.82) is 0 Å². The number of nitrogens with one attached hydrogen (secondary N) is 2. The van der Waals surface area contributed by atoms with E-state index in [0.717, 1.165) is 30.2 Å². The maximum Gasteiger partial charge on any atom is 0.291 e. The fourth-order valence-electron chi connectivity index (χ4n) is 5.82. The Hall–Kier alpha value is -3.31. The number of amides is 1. The van der Waals surface area contributed by atoms with Crippen LogP contribution in [-0.2, 0) is 26.2 Å². The molecule has 0 bridgehead atoms. The first kappa shape index (κ1) is 39.1. The van der Waals surface area contributed by atoms with Gasteiger partial charge in [-0.2, -0.15) is 4.57 Å². The first-order valence-corrected chi connectivity index (χ1v) is 19.8. The fourth-order valence-corrected chi connectivity index (χ4v) is 6.88. The van der Waals surface area contributed by atoms with Gasteiger partial charge in [0, 0.05) is 36.6 Å². The number of aryl methyl sites for hydroxylation is 1. The average Bonchev–Trinajstić information content (AvgIpc) is 3.61. The molecule has 1 amide bonds. The van der Waals surface area contributed by atoms with Gasteiger partial charge in [-0.15, -0.1) is 0 Å². The lowest BCUT2D eigenvalue weighted by Gasteiger charge is -2.16. The monoisotopic (exact) mass is 685 g/mol. The summed E-state index contributed by atoms with van der Waals surface area (Å²) < 4.78 is 40.4. The van der Waals surface area contributed by atoms with Crippen LogP contribution in [0.1, 0.15) is 116 Å². The van der Waals surface area contributed by atoms with Crippen molar-refractivity contribution in [3.8, 4) is 5.88 Å². The van der Waals surface area contributed by atoms with E-state index >= 15 is 0 Å². The Labute approximate surface area is 287 Å². The standard InChI is InChI=1S/C37H56N4O6S/c1-2-3-4-5-6-7-8-9-10-11-12-13-14-15-16-19-26-38-37(43)36(42)34(47-35-25-29-46-40-35)31-39-48(44,45)30-21-28-41-27-20-23-32-22-17-18-24-33(32)41/h17-18,20,22-25,27,29,34,39H,2-16,19,21,26,28,30-31H2,1H3/p+1. The summed E-state index contributed by atoms with van der Waals surface area (Å²) in [6.45, 7) is 2.73. The number of benzene rings is 1. The molecule has 0 saturated heterocycles. The second kappa shape index (κ2) is 23.1. The number of hydrogen-bond donors (Lipinski definition) is 2. The van der Waals surface area contributed by atoms with Crippen LogP contribution >= 0.6 is 0 Å². The zero-order valence-corrected chi connectivity index (χ0v) is 29.7. The highest BCUT2D eigenvalue weighted by Gasteiger charge is 2.29. The number of ether oxygens (including phenoxy) is 1. The van der Waals surface area contributed by atoms with Crippen molar-refractivity contribution >= 4 is 32.6 Å². The predicted octanol–water partition coefficient (Wildman–Crippen LogP) is 6.82. The van der Waals surface area contributed by atoms with Gasteiger partial charge in [-0.3, -0.25) is 9.59 Å². The number of sulfonamides is 1. The van der Waals surface area contributed by atoms with Crippen molar-refractivity contribution in [2.45, 2.75) is 129 Å². The van der Waals surface area contributed by atoms with Crippen LogP contribution < -0.4 is 19.3 Å². The molecule has 0 aliphatic heterocycles. The van der Waals surface area contributed by atoms with Gasteiger partial charge in [-0.25, -0.2) is 13.1 Å². The minimum absolute atomic E-state index is 0.00879. The van der Waals surface area contributed by atoms with Crippen molar-refractivity contribution in [3.63, 3.8) is 0 Å². The van der Waals surface area contributed by atoms with E-state index in [2.05, 4.69) is 22.1 Å². The molecule has 266 valence electrons. The Morgan fingerprint density at radius 3 is 2.04 bits per heavy atom. The largest absolute Gasteiger partial charge is 0.462 e. The molecule has 1 atom stereocenters. The Kier molecular flexibility index (Phi) is 18.8. The van der Waals surface area contributed by atoms with Gasteiger partial charge in [0.05, 0.1) is 12.3 Å². The number of carbonyl (C=O) groups excluding carboxylic acids is 2. The Morgan fingerprint density at radius 1 is 0.812 bits per heavy atom. The first-order chi connectivity index (χ1) is 23.4. The number of fused-ring (bicyclic) bond motifs is 1. The lowest BCUT2D eigenvalue weighted by molar-refractivity contribution is -0.671. The van der Waals surface area contributed by atoms with E-state index < -0.39 is 34.4 Å². The molecule has 1 aromatic carbocycles. The van der Waals surface area contributed by atoms with Gasteiger partial charge in [0.2, 0.25) is 15.5 Å². The second-order valence-corrected chi connectivity index (χ2v) is 14.6. The third kappa shape index (κ3) is 15.7. The van der Waals surface area contributed by atoms with Crippen molar-refractivity contribution in [2.24, 2.45) is 0 Å². The predicted molar refractivity (Wildman–Crippen MR) is 189 cm³/mol. The summed E-state index contributed by atoms with van der Waals surface area (Å²) in [4.78, 5) is 25.6.